The third kappa shape index (κ3) is 3.39. The van der Waals surface area contributed by atoms with E-state index in [2.05, 4.69) is 22.2 Å². The van der Waals surface area contributed by atoms with Crippen LogP contribution >= 0.6 is 0 Å². The molecule has 0 bridgehead atoms. The molecule has 48 valence electrons. The highest BCUT2D eigenvalue weighted by molar-refractivity contribution is 6.04. The van der Waals surface area contributed by atoms with Crippen LogP contribution in [-0.2, 0) is 14.1 Å². The zero-order valence-corrected chi connectivity index (χ0v) is 4.62. The Morgan fingerprint density at radius 1 is 1.33 bits per heavy atom. The Kier molecular flexibility index (Phi) is 3.26. The number of ether oxygens (including phenoxy) is 2. The zero-order valence-electron chi connectivity index (χ0n) is 4.62. The fraction of sp³-hybridized carbons (Fsp3) is 0.333. The van der Waals surface area contributed by atoms with E-state index in [1.165, 1.54) is 0 Å². The summed E-state index contributed by atoms with van der Waals surface area (Å²) in [6, 6.07) is 0. The molecule has 5 nitrogen and oxygen atoms in total. The molecule has 0 aromatic carbocycles. The number of hydrogen-bond donors (Lipinski definition) is 0. The SMILES string of the molecule is [B]OC(=O)OC(=O)OC. The molecule has 0 saturated carbocycles. The van der Waals surface area contributed by atoms with Crippen LogP contribution in [0.5, 0.6) is 0 Å². The van der Waals surface area contributed by atoms with Crippen molar-refractivity contribution in [1.82, 2.24) is 0 Å². The first-order chi connectivity index (χ1) is 4.20. The van der Waals surface area contributed by atoms with E-state index in [1.807, 2.05) is 0 Å². The van der Waals surface area contributed by atoms with Crippen molar-refractivity contribution in [2.45, 2.75) is 0 Å². The summed E-state index contributed by atoms with van der Waals surface area (Å²) in [5.41, 5.74) is 0. The van der Waals surface area contributed by atoms with E-state index in [-0.39, 0.29) is 0 Å². The predicted octanol–water partition coefficient (Wildman–Crippen LogP) is -0.0105. The van der Waals surface area contributed by atoms with Crippen LogP contribution in [0.1, 0.15) is 0 Å². The van der Waals surface area contributed by atoms with Crippen LogP contribution in [0.2, 0.25) is 0 Å². The second-order valence-electron chi connectivity index (χ2n) is 0.924. The number of carbonyl (C=O) groups is 2. The highest BCUT2D eigenvalue weighted by Gasteiger charge is 2.07. The lowest BCUT2D eigenvalue weighted by atomic mass is 10.6. The monoisotopic (exact) mass is 130 g/mol. The van der Waals surface area contributed by atoms with Crippen molar-refractivity contribution in [2.24, 2.45) is 0 Å². The molecule has 0 fully saturated rings. The molecule has 0 amide bonds. The van der Waals surface area contributed by atoms with Crippen LogP contribution in [0.4, 0.5) is 9.59 Å². The van der Waals surface area contributed by atoms with Gasteiger partial charge in [-0.3, -0.25) is 0 Å². The third-order valence-electron chi connectivity index (χ3n) is 0.430. The van der Waals surface area contributed by atoms with Crippen LogP contribution in [0.3, 0.4) is 0 Å². The Bertz CT molecular complexity index is 107. The minimum atomic E-state index is -1.30. The van der Waals surface area contributed by atoms with E-state index in [0.29, 0.717) is 0 Å². The average Bonchev–Trinajstić information content (AvgIpc) is 1.87. The number of rotatable bonds is 0. The van der Waals surface area contributed by atoms with Gasteiger partial charge >= 0.3 is 20.4 Å². The first kappa shape index (κ1) is 7.80. The van der Waals surface area contributed by atoms with Gasteiger partial charge in [-0.05, 0) is 0 Å². The standard InChI is InChI=1S/C3H3BO5/c1-7-2(5)8-3(6)9-4/h1H3. The highest BCUT2D eigenvalue weighted by atomic mass is 16.8. The van der Waals surface area contributed by atoms with Crippen molar-refractivity contribution >= 4 is 20.4 Å². The summed E-state index contributed by atoms with van der Waals surface area (Å²) in [5, 5.41) is 0. The summed E-state index contributed by atoms with van der Waals surface area (Å²) in [4.78, 5) is 19.9. The van der Waals surface area contributed by atoms with E-state index < -0.39 is 12.3 Å². The first-order valence-electron chi connectivity index (χ1n) is 1.87. The van der Waals surface area contributed by atoms with Gasteiger partial charge in [0.2, 0.25) is 0 Å². The van der Waals surface area contributed by atoms with Crippen LogP contribution in [0.25, 0.3) is 0 Å². The molecule has 0 aliphatic rings. The molecule has 0 rings (SSSR count). The third-order valence-corrected chi connectivity index (χ3v) is 0.430. The lowest BCUT2D eigenvalue weighted by molar-refractivity contribution is 0.0730. The minimum absolute atomic E-state index is 1.05. The first-order valence-corrected chi connectivity index (χ1v) is 1.87. The normalized spacial score (nSPS) is 7.67. The van der Waals surface area contributed by atoms with Crippen LogP contribution in [0, 0.1) is 0 Å². The Morgan fingerprint density at radius 3 is 2.22 bits per heavy atom. The summed E-state index contributed by atoms with van der Waals surface area (Å²) < 4.78 is 11.1. The van der Waals surface area contributed by atoms with E-state index >= 15 is 0 Å². The molecule has 0 unspecified atom stereocenters. The molecule has 0 N–H and O–H groups in total. The molecule has 0 spiro atoms. The summed E-state index contributed by atoms with van der Waals surface area (Å²) in [5.74, 6) is 0. The van der Waals surface area contributed by atoms with Gasteiger partial charge in [0, 0.05) is 0 Å². The van der Waals surface area contributed by atoms with Crippen LogP contribution in [-0.4, -0.2) is 27.5 Å². The van der Waals surface area contributed by atoms with Gasteiger partial charge in [0.05, 0.1) is 7.11 Å². The van der Waals surface area contributed by atoms with Gasteiger partial charge in [-0.25, -0.2) is 9.59 Å². The van der Waals surface area contributed by atoms with E-state index in [1.54, 1.807) is 0 Å². The Morgan fingerprint density at radius 2 is 1.89 bits per heavy atom. The molecule has 0 aliphatic heterocycles. The lowest BCUT2D eigenvalue weighted by Crippen LogP contribution is -2.11. The predicted molar refractivity (Wildman–Crippen MR) is 25.7 cm³/mol. The number of carbonyl (C=O) groups excluding carboxylic acids is 2. The van der Waals surface area contributed by atoms with Crippen LogP contribution < -0.4 is 0 Å². The number of methoxy groups -OCH3 is 1. The van der Waals surface area contributed by atoms with Crippen molar-refractivity contribution in [3.8, 4) is 0 Å². The summed E-state index contributed by atoms with van der Waals surface area (Å²) >= 11 is 0. The second-order valence-corrected chi connectivity index (χ2v) is 0.924. The van der Waals surface area contributed by atoms with E-state index in [4.69, 9.17) is 0 Å². The maximum atomic E-state index is 9.98. The maximum Gasteiger partial charge on any atom is 0.518 e. The maximum absolute atomic E-state index is 9.98. The lowest BCUT2D eigenvalue weighted by Gasteiger charge is -1.96. The summed E-state index contributed by atoms with van der Waals surface area (Å²) in [7, 11) is 5.34. The molecule has 0 heterocycles. The second kappa shape index (κ2) is 3.76. The van der Waals surface area contributed by atoms with Gasteiger partial charge in [0.1, 0.15) is 0 Å². The van der Waals surface area contributed by atoms with E-state index in [9.17, 15) is 9.59 Å². The van der Waals surface area contributed by atoms with Gasteiger partial charge < -0.3 is 14.1 Å². The largest absolute Gasteiger partial charge is 0.518 e. The molecular formula is C3H3BO5. The fourth-order valence-corrected chi connectivity index (χ4v) is 0.134. The summed E-state index contributed by atoms with van der Waals surface area (Å²) in [6.07, 6.45) is -2.47. The molecule has 0 aliphatic carbocycles. The summed E-state index contributed by atoms with van der Waals surface area (Å²) in [6.45, 7) is 0. The van der Waals surface area contributed by atoms with Crippen molar-refractivity contribution in [3.05, 3.63) is 0 Å². The van der Waals surface area contributed by atoms with Crippen molar-refractivity contribution in [3.63, 3.8) is 0 Å². The molecule has 0 saturated heterocycles. The Labute approximate surface area is 52.3 Å². The molecule has 2 radical (unpaired) electrons. The van der Waals surface area contributed by atoms with Crippen molar-refractivity contribution < 1.29 is 23.7 Å². The van der Waals surface area contributed by atoms with Crippen molar-refractivity contribution in [1.29, 1.82) is 0 Å². The highest BCUT2D eigenvalue weighted by Crippen LogP contribution is 1.84. The topological polar surface area (TPSA) is 61.8 Å². The van der Waals surface area contributed by atoms with Gasteiger partial charge in [-0.15, -0.1) is 0 Å². The fourth-order valence-electron chi connectivity index (χ4n) is 0.134. The molecule has 0 aromatic heterocycles. The van der Waals surface area contributed by atoms with Gasteiger partial charge in [0.25, 0.3) is 0 Å². The van der Waals surface area contributed by atoms with Crippen molar-refractivity contribution in [2.75, 3.05) is 7.11 Å². The number of hydrogen-bond acceptors (Lipinski definition) is 5. The van der Waals surface area contributed by atoms with Crippen LogP contribution in [0.15, 0.2) is 0 Å². The molecular weight excluding hydrogens is 127 g/mol. The molecule has 0 aromatic rings. The van der Waals surface area contributed by atoms with E-state index in [0.717, 1.165) is 7.11 Å². The molecule has 0 atom stereocenters. The van der Waals surface area contributed by atoms with Gasteiger partial charge in [-0.1, -0.05) is 0 Å². The minimum Gasteiger partial charge on any atom is -0.513 e. The molecule has 9 heavy (non-hydrogen) atoms. The Hall–Kier alpha value is -1.20. The smallest absolute Gasteiger partial charge is 0.513 e. The zero-order chi connectivity index (χ0) is 7.28. The quantitative estimate of drug-likeness (QED) is 0.262. The molecule has 6 heteroatoms. The van der Waals surface area contributed by atoms with Gasteiger partial charge in [0.15, 0.2) is 0 Å². The average molecular weight is 130 g/mol. The van der Waals surface area contributed by atoms with Gasteiger partial charge in [-0.2, -0.15) is 0 Å². The Balaban J connectivity index is 3.47.